The first-order valence-electron chi connectivity index (χ1n) is 8.93. The first-order chi connectivity index (χ1) is 13.1. The zero-order chi connectivity index (χ0) is 18.8. The number of rotatable bonds is 3. The average Bonchev–Trinajstić information content (AvgIpc) is 3.21. The second-order valence-electron chi connectivity index (χ2n) is 6.76. The molecule has 0 saturated carbocycles. The summed E-state index contributed by atoms with van der Waals surface area (Å²) in [4.78, 5) is 26.8. The highest BCUT2D eigenvalue weighted by Gasteiger charge is 2.23. The molecule has 3 aromatic rings. The SMILES string of the molecule is Cc1cccc(C(=O)Nc2ccc3c(c2)CN(C(=O)c2ccco2)CC3)c1. The van der Waals surface area contributed by atoms with E-state index in [4.69, 9.17) is 4.42 Å². The van der Waals surface area contributed by atoms with Crippen LogP contribution < -0.4 is 5.32 Å². The second-order valence-corrected chi connectivity index (χ2v) is 6.76. The lowest BCUT2D eigenvalue weighted by atomic mass is 9.98. The van der Waals surface area contributed by atoms with Crippen LogP contribution in [0.3, 0.4) is 0 Å². The molecule has 2 aromatic carbocycles. The molecule has 2 heterocycles. The number of hydrogen-bond donors (Lipinski definition) is 1. The van der Waals surface area contributed by atoms with E-state index in [9.17, 15) is 9.59 Å². The van der Waals surface area contributed by atoms with E-state index in [0.29, 0.717) is 24.4 Å². The fourth-order valence-corrected chi connectivity index (χ4v) is 3.35. The third kappa shape index (κ3) is 3.62. The van der Waals surface area contributed by atoms with Gasteiger partial charge in [0.05, 0.1) is 6.26 Å². The standard InChI is InChI=1S/C22H20N2O3/c1-15-4-2-5-17(12-15)21(25)23-19-8-7-16-9-10-24(14-18(16)13-19)22(26)20-6-3-11-27-20/h2-8,11-13H,9-10,14H2,1H3,(H,23,25). The molecule has 0 unspecified atom stereocenters. The first kappa shape index (κ1) is 17.1. The fraction of sp³-hybridized carbons (Fsp3) is 0.182. The van der Waals surface area contributed by atoms with Gasteiger partial charge in [0.1, 0.15) is 0 Å². The Labute approximate surface area is 157 Å². The maximum absolute atomic E-state index is 12.5. The van der Waals surface area contributed by atoms with Gasteiger partial charge in [0.2, 0.25) is 0 Å². The Kier molecular flexibility index (Phi) is 4.50. The van der Waals surface area contributed by atoms with Crippen molar-refractivity contribution >= 4 is 17.5 Å². The van der Waals surface area contributed by atoms with Crippen molar-refractivity contribution in [1.29, 1.82) is 0 Å². The van der Waals surface area contributed by atoms with Gasteiger partial charge in [-0.2, -0.15) is 0 Å². The molecule has 0 aliphatic carbocycles. The van der Waals surface area contributed by atoms with E-state index in [0.717, 1.165) is 23.2 Å². The molecule has 5 nitrogen and oxygen atoms in total. The molecule has 1 aliphatic rings. The van der Waals surface area contributed by atoms with Crippen LogP contribution in [0.25, 0.3) is 0 Å². The Morgan fingerprint density at radius 1 is 1.04 bits per heavy atom. The molecule has 0 radical (unpaired) electrons. The predicted molar refractivity (Wildman–Crippen MR) is 103 cm³/mol. The molecule has 27 heavy (non-hydrogen) atoms. The molecular formula is C22H20N2O3. The van der Waals surface area contributed by atoms with E-state index in [2.05, 4.69) is 5.32 Å². The van der Waals surface area contributed by atoms with E-state index >= 15 is 0 Å². The zero-order valence-corrected chi connectivity index (χ0v) is 15.1. The van der Waals surface area contributed by atoms with Crippen LogP contribution in [0.15, 0.2) is 65.3 Å². The molecule has 1 N–H and O–H groups in total. The number of nitrogens with one attached hydrogen (secondary N) is 1. The molecule has 2 amide bonds. The maximum atomic E-state index is 12.5. The number of anilines is 1. The smallest absolute Gasteiger partial charge is 0.289 e. The Bertz CT molecular complexity index is 993. The molecule has 4 rings (SSSR count). The van der Waals surface area contributed by atoms with Gasteiger partial charge in [0, 0.05) is 24.3 Å². The third-order valence-corrected chi connectivity index (χ3v) is 4.78. The molecular weight excluding hydrogens is 340 g/mol. The van der Waals surface area contributed by atoms with Crippen molar-refractivity contribution < 1.29 is 14.0 Å². The molecule has 1 aromatic heterocycles. The van der Waals surface area contributed by atoms with Crippen LogP contribution in [0.2, 0.25) is 0 Å². The molecule has 0 fully saturated rings. The predicted octanol–water partition coefficient (Wildman–Crippen LogP) is 4.04. The summed E-state index contributed by atoms with van der Waals surface area (Å²) in [6.07, 6.45) is 2.29. The number of carbonyl (C=O) groups excluding carboxylic acids is 2. The summed E-state index contributed by atoms with van der Waals surface area (Å²) in [6, 6.07) is 16.8. The van der Waals surface area contributed by atoms with E-state index in [1.807, 2.05) is 43.3 Å². The minimum absolute atomic E-state index is 0.111. The van der Waals surface area contributed by atoms with Crippen LogP contribution in [0, 0.1) is 6.92 Å². The molecule has 0 saturated heterocycles. The molecule has 0 atom stereocenters. The number of amides is 2. The molecule has 136 valence electrons. The summed E-state index contributed by atoms with van der Waals surface area (Å²) in [7, 11) is 0. The van der Waals surface area contributed by atoms with Crippen molar-refractivity contribution in [3.8, 4) is 0 Å². The van der Waals surface area contributed by atoms with E-state index in [1.165, 1.54) is 11.8 Å². The summed E-state index contributed by atoms with van der Waals surface area (Å²) in [6.45, 7) is 3.12. The molecule has 1 aliphatic heterocycles. The molecule has 0 bridgehead atoms. The minimum Gasteiger partial charge on any atom is -0.459 e. The summed E-state index contributed by atoms with van der Waals surface area (Å²) in [5.74, 6) is 0.0974. The number of hydrogen-bond acceptors (Lipinski definition) is 3. The van der Waals surface area contributed by atoms with Crippen LogP contribution in [0.4, 0.5) is 5.69 Å². The summed E-state index contributed by atoms with van der Waals surface area (Å²) >= 11 is 0. The van der Waals surface area contributed by atoms with Crippen molar-refractivity contribution in [3.63, 3.8) is 0 Å². The van der Waals surface area contributed by atoms with Gasteiger partial charge in [-0.1, -0.05) is 23.8 Å². The largest absolute Gasteiger partial charge is 0.459 e. The highest BCUT2D eigenvalue weighted by Crippen LogP contribution is 2.24. The number of carbonyl (C=O) groups is 2. The highest BCUT2D eigenvalue weighted by atomic mass is 16.3. The van der Waals surface area contributed by atoms with E-state index < -0.39 is 0 Å². The summed E-state index contributed by atoms with van der Waals surface area (Å²) in [5, 5.41) is 2.95. The van der Waals surface area contributed by atoms with Crippen molar-refractivity contribution in [2.45, 2.75) is 19.9 Å². The Balaban J connectivity index is 1.51. The number of fused-ring (bicyclic) bond motifs is 1. The van der Waals surface area contributed by atoms with Crippen LogP contribution >= 0.6 is 0 Å². The summed E-state index contributed by atoms with van der Waals surface area (Å²) < 4.78 is 5.22. The van der Waals surface area contributed by atoms with Crippen molar-refractivity contribution in [1.82, 2.24) is 4.90 Å². The quantitative estimate of drug-likeness (QED) is 0.767. The van der Waals surface area contributed by atoms with Crippen LogP contribution in [0.1, 0.15) is 37.6 Å². The van der Waals surface area contributed by atoms with Gasteiger partial charge in [-0.25, -0.2) is 0 Å². The fourth-order valence-electron chi connectivity index (χ4n) is 3.35. The monoisotopic (exact) mass is 360 g/mol. The lowest BCUT2D eigenvalue weighted by Gasteiger charge is -2.28. The van der Waals surface area contributed by atoms with Gasteiger partial charge in [0.25, 0.3) is 11.8 Å². The van der Waals surface area contributed by atoms with E-state index in [-0.39, 0.29) is 11.8 Å². The number of nitrogens with zero attached hydrogens (tertiary/aromatic N) is 1. The first-order valence-corrected chi connectivity index (χ1v) is 8.93. The number of aryl methyl sites for hydroxylation is 1. The van der Waals surface area contributed by atoms with Gasteiger partial charge < -0.3 is 14.6 Å². The van der Waals surface area contributed by atoms with Crippen molar-refractivity contribution in [2.24, 2.45) is 0 Å². The van der Waals surface area contributed by atoms with Crippen molar-refractivity contribution in [3.05, 3.63) is 88.9 Å². The van der Waals surface area contributed by atoms with Crippen LogP contribution in [-0.4, -0.2) is 23.3 Å². The third-order valence-electron chi connectivity index (χ3n) is 4.78. The average molecular weight is 360 g/mol. The Morgan fingerprint density at radius 3 is 2.70 bits per heavy atom. The number of furan rings is 1. The lowest BCUT2D eigenvalue weighted by Crippen LogP contribution is -2.35. The van der Waals surface area contributed by atoms with Gasteiger partial charge in [-0.05, 0) is 60.9 Å². The van der Waals surface area contributed by atoms with Gasteiger partial charge in [-0.15, -0.1) is 0 Å². The lowest BCUT2D eigenvalue weighted by molar-refractivity contribution is 0.0702. The number of benzene rings is 2. The van der Waals surface area contributed by atoms with E-state index in [1.54, 1.807) is 23.1 Å². The molecule has 5 heteroatoms. The van der Waals surface area contributed by atoms with Crippen molar-refractivity contribution in [2.75, 3.05) is 11.9 Å². The normalized spacial score (nSPS) is 13.1. The molecule has 0 spiro atoms. The van der Waals surface area contributed by atoms with Gasteiger partial charge in [0.15, 0.2) is 5.76 Å². The maximum Gasteiger partial charge on any atom is 0.289 e. The van der Waals surface area contributed by atoms with Crippen LogP contribution in [0.5, 0.6) is 0 Å². The summed E-state index contributed by atoms with van der Waals surface area (Å²) in [5.41, 5.74) is 4.64. The van der Waals surface area contributed by atoms with Gasteiger partial charge in [-0.3, -0.25) is 9.59 Å². The Morgan fingerprint density at radius 2 is 1.93 bits per heavy atom. The minimum atomic E-state index is -0.141. The highest BCUT2D eigenvalue weighted by molar-refractivity contribution is 6.04. The second kappa shape index (κ2) is 7.11. The zero-order valence-electron chi connectivity index (χ0n) is 15.1. The topological polar surface area (TPSA) is 62.6 Å². The Hall–Kier alpha value is -3.34. The van der Waals surface area contributed by atoms with Crippen LogP contribution in [-0.2, 0) is 13.0 Å². The van der Waals surface area contributed by atoms with Gasteiger partial charge >= 0.3 is 0 Å².